The molecular formula is C37H33N3O3. The molecule has 0 saturated heterocycles. The number of hydrogen-bond donors (Lipinski definition) is 1. The average Bonchev–Trinajstić information content (AvgIpc) is 3.04. The molecule has 0 radical (unpaired) electrons. The van der Waals surface area contributed by atoms with Gasteiger partial charge in [-0.1, -0.05) is 84.9 Å². The number of hydrogen-bond acceptors (Lipinski definition) is 6. The van der Waals surface area contributed by atoms with Gasteiger partial charge in [-0.15, -0.1) is 0 Å². The fourth-order valence-electron chi connectivity index (χ4n) is 5.52. The molecule has 6 heteroatoms. The fourth-order valence-corrected chi connectivity index (χ4v) is 5.52. The highest BCUT2D eigenvalue weighted by atomic mass is 16.5. The first-order valence-electron chi connectivity index (χ1n) is 14.3. The van der Waals surface area contributed by atoms with Crippen LogP contribution in [0.2, 0.25) is 0 Å². The van der Waals surface area contributed by atoms with Gasteiger partial charge in [0, 0.05) is 18.7 Å². The zero-order valence-electron chi connectivity index (χ0n) is 24.1. The maximum atomic E-state index is 10.1. The molecular weight excluding hydrogens is 534 g/mol. The minimum atomic E-state index is -0.308. The normalized spacial score (nSPS) is 17.7. The van der Waals surface area contributed by atoms with Crippen LogP contribution in [0.1, 0.15) is 28.2 Å². The molecule has 2 aliphatic heterocycles. The van der Waals surface area contributed by atoms with Crippen LogP contribution in [0.15, 0.2) is 138 Å². The third-order valence-electron chi connectivity index (χ3n) is 7.63. The summed E-state index contributed by atoms with van der Waals surface area (Å²) in [6.07, 6.45) is 2.12. The van der Waals surface area contributed by atoms with Crippen molar-refractivity contribution in [1.82, 2.24) is 4.90 Å². The van der Waals surface area contributed by atoms with Crippen LogP contribution in [0.25, 0.3) is 6.08 Å². The van der Waals surface area contributed by atoms with Gasteiger partial charge in [0.2, 0.25) is 5.88 Å². The first kappa shape index (κ1) is 27.9. The lowest BCUT2D eigenvalue weighted by Crippen LogP contribution is -2.35. The van der Waals surface area contributed by atoms with E-state index in [0.717, 1.165) is 50.7 Å². The molecule has 43 heavy (non-hydrogen) atoms. The first-order chi connectivity index (χ1) is 21.1. The number of ether oxygens (including phenoxy) is 3. The SMILES string of the molecule is CN1CC2=C(OC(N)=C(C#N)C2c2ccc(OCc3ccccc3)cc2)/C(=C/c2ccc(OCc3ccccc3)cc2)C1. The smallest absolute Gasteiger partial charge is 0.205 e. The predicted octanol–water partition coefficient (Wildman–Crippen LogP) is 6.94. The third kappa shape index (κ3) is 6.48. The number of benzene rings is 4. The van der Waals surface area contributed by atoms with E-state index in [2.05, 4.69) is 24.1 Å². The standard InChI is InChI=1S/C37H33N3O3/c1-40-22-30(20-26-12-16-31(17-13-26)41-24-27-8-4-2-5-9-27)36-34(23-40)35(33(21-38)37(39)43-36)29-14-18-32(19-15-29)42-25-28-10-6-3-7-11-28/h2-20,35H,22-25,39H2,1H3/b30-20+. The Hall–Kier alpha value is -5.25. The van der Waals surface area contributed by atoms with Crippen LogP contribution in [-0.2, 0) is 18.0 Å². The number of likely N-dealkylation sites (N-methyl/N-ethyl adjacent to an activating group) is 1. The molecule has 2 heterocycles. The molecule has 6 rings (SSSR count). The van der Waals surface area contributed by atoms with Crippen LogP contribution in [0.3, 0.4) is 0 Å². The Labute approximate surface area is 252 Å². The van der Waals surface area contributed by atoms with Crippen molar-refractivity contribution in [2.45, 2.75) is 19.1 Å². The largest absolute Gasteiger partial charge is 0.489 e. The second-order valence-electron chi connectivity index (χ2n) is 10.8. The minimum Gasteiger partial charge on any atom is -0.489 e. The summed E-state index contributed by atoms with van der Waals surface area (Å²) in [5.74, 6) is 2.16. The molecule has 0 fully saturated rings. The maximum absolute atomic E-state index is 10.1. The summed E-state index contributed by atoms with van der Waals surface area (Å²) in [4.78, 5) is 2.23. The van der Waals surface area contributed by atoms with Gasteiger partial charge in [0.1, 0.15) is 42.1 Å². The van der Waals surface area contributed by atoms with Crippen molar-refractivity contribution >= 4 is 6.08 Å². The molecule has 0 saturated carbocycles. The lowest BCUT2D eigenvalue weighted by molar-refractivity contribution is 0.251. The molecule has 214 valence electrons. The van der Waals surface area contributed by atoms with E-state index in [1.807, 2.05) is 109 Å². The minimum absolute atomic E-state index is 0.149. The quantitative estimate of drug-likeness (QED) is 0.249. The van der Waals surface area contributed by atoms with Gasteiger partial charge in [-0.25, -0.2) is 0 Å². The van der Waals surface area contributed by atoms with Crippen LogP contribution in [0.5, 0.6) is 11.5 Å². The molecule has 2 aliphatic rings. The molecule has 4 aromatic carbocycles. The lowest BCUT2D eigenvalue weighted by atomic mass is 9.80. The molecule has 6 nitrogen and oxygen atoms in total. The molecule has 0 bridgehead atoms. The second-order valence-corrected chi connectivity index (χ2v) is 10.8. The summed E-state index contributed by atoms with van der Waals surface area (Å²) in [6, 6.07) is 38.4. The molecule has 0 spiro atoms. The molecule has 0 aliphatic carbocycles. The van der Waals surface area contributed by atoms with Crippen molar-refractivity contribution in [3.05, 3.63) is 160 Å². The highest BCUT2D eigenvalue weighted by molar-refractivity contribution is 5.63. The summed E-state index contributed by atoms with van der Waals surface area (Å²) in [5.41, 5.74) is 13.1. The van der Waals surface area contributed by atoms with Crippen LogP contribution in [0, 0.1) is 11.3 Å². The van der Waals surface area contributed by atoms with Crippen molar-refractivity contribution in [3.8, 4) is 17.6 Å². The summed E-state index contributed by atoms with van der Waals surface area (Å²) < 4.78 is 18.1. The second kappa shape index (κ2) is 12.7. The van der Waals surface area contributed by atoms with Gasteiger partial charge in [-0.2, -0.15) is 5.26 Å². The number of allylic oxidation sites excluding steroid dienone is 1. The van der Waals surface area contributed by atoms with Gasteiger partial charge in [0.05, 0.1) is 5.92 Å². The van der Waals surface area contributed by atoms with Gasteiger partial charge in [0.25, 0.3) is 0 Å². The molecule has 1 unspecified atom stereocenters. The van der Waals surface area contributed by atoms with Gasteiger partial charge in [0.15, 0.2) is 0 Å². The number of rotatable bonds is 8. The molecule has 0 amide bonds. The van der Waals surface area contributed by atoms with Crippen LogP contribution < -0.4 is 15.2 Å². The Balaban J connectivity index is 1.24. The van der Waals surface area contributed by atoms with Crippen molar-refractivity contribution in [1.29, 1.82) is 5.26 Å². The average molecular weight is 568 g/mol. The Morgan fingerprint density at radius 3 is 1.93 bits per heavy atom. The van der Waals surface area contributed by atoms with Gasteiger partial charge < -0.3 is 19.9 Å². The summed E-state index contributed by atoms with van der Waals surface area (Å²) in [6.45, 7) is 2.36. The van der Waals surface area contributed by atoms with E-state index >= 15 is 0 Å². The zero-order chi connectivity index (χ0) is 29.6. The Morgan fingerprint density at radius 1 is 0.814 bits per heavy atom. The first-order valence-corrected chi connectivity index (χ1v) is 14.3. The third-order valence-corrected chi connectivity index (χ3v) is 7.63. The van der Waals surface area contributed by atoms with E-state index in [0.29, 0.717) is 31.9 Å². The summed E-state index contributed by atoms with van der Waals surface area (Å²) in [7, 11) is 2.07. The van der Waals surface area contributed by atoms with Gasteiger partial charge in [-0.3, -0.25) is 4.90 Å². The van der Waals surface area contributed by atoms with Crippen LogP contribution in [0.4, 0.5) is 0 Å². The van der Waals surface area contributed by atoms with Crippen molar-refractivity contribution in [2.75, 3.05) is 20.1 Å². The predicted molar refractivity (Wildman–Crippen MR) is 168 cm³/mol. The van der Waals surface area contributed by atoms with E-state index in [4.69, 9.17) is 19.9 Å². The van der Waals surface area contributed by atoms with E-state index in [1.165, 1.54) is 0 Å². The highest BCUT2D eigenvalue weighted by Crippen LogP contribution is 2.43. The fraction of sp³-hybridized carbons (Fsp3) is 0.162. The maximum Gasteiger partial charge on any atom is 0.205 e. The zero-order valence-corrected chi connectivity index (χ0v) is 24.1. The Morgan fingerprint density at radius 2 is 1.37 bits per heavy atom. The molecule has 4 aromatic rings. The Bertz CT molecular complexity index is 1700. The summed E-state index contributed by atoms with van der Waals surface area (Å²) in [5, 5.41) is 10.1. The Kier molecular flexibility index (Phi) is 8.26. The molecule has 1 atom stereocenters. The number of nitrogens with zero attached hydrogens (tertiary/aromatic N) is 2. The molecule has 2 N–H and O–H groups in total. The number of nitrogens with two attached hydrogens (primary N) is 1. The topological polar surface area (TPSA) is 80.7 Å². The van der Waals surface area contributed by atoms with Crippen LogP contribution in [-0.4, -0.2) is 25.0 Å². The monoisotopic (exact) mass is 567 g/mol. The van der Waals surface area contributed by atoms with Crippen molar-refractivity contribution in [3.63, 3.8) is 0 Å². The van der Waals surface area contributed by atoms with Crippen molar-refractivity contribution < 1.29 is 14.2 Å². The van der Waals surface area contributed by atoms with E-state index in [1.54, 1.807) is 0 Å². The molecule has 0 aromatic heterocycles. The van der Waals surface area contributed by atoms with Crippen LogP contribution >= 0.6 is 0 Å². The van der Waals surface area contributed by atoms with E-state index in [9.17, 15) is 5.26 Å². The lowest BCUT2D eigenvalue weighted by Gasteiger charge is -2.37. The van der Waals surface area contributed by atoms with Crippen molar-refractivity contribution in [2.24, 2.45) is 5.73 Å². The van der Waals surface area contributed by atoms with E-state index < -0.39 is 0 Å². The van der Waals surface area contributed by atoms with Gasteiger partial charge in [-0.05, 0) is 65.2 Å². The summed E-state index contributed by atoms with van der Waals surface area (Å²) >= 11 is 0. The highest BCUT2D eigenvalue weighted by Gasteiger charge is 2.37. The number of nitriles is 1. The van der Waals surface area contributed by atoms with E-state index in [-0.39, 0.29) is 11.8 Å². The van der Waals surface area contributed by atoms with Gasteiger partial charge >= 0.3 is 0 Å².